The van der Waals surface area contributed by atoms with Crippen LogP contribution in [-0.4, -0.2) is 51.3 Å². The molecule has 1 aliphatic heterocycles. The molecule has 0 fully saturated rings. The molecule has 1 aliphatic rings. The Morgan fingerprint density at radius 2 is 2.30 bits per heavy atom. The van der Waals surface area contributed by atoms with Crippen LogP contribution in [0.5, 0.6) is 5.75 Å². The quantitative estimate of drug-likeness (QED) is 0.470. The molecule has 1 heterocycles. The van der Waals surface area contributed by atoms with Gasteiger partial charge in [0.2, 0.25) is 0 Å². The van der Waals surface area contributed by atoms with Gasteiger partial charge in [-0.3, -0.25) is 0 Å². The third kappa shape index (κ3) is 5.10. The van der Waals surface area contributed by atoms with Crippen molar-refractivity contribution in [2.75, 3.05) is 57.0 Å². The highest BCUT2D eigenvalue weighted by molar-refractivity contribution is 5.65. The van der Waals surface area contributed by atoms with E-state index in [0.717, 1.165) is 49.8 Å². The number of hydrogen-bond donors (Lipinski definition) is 3. The maximum absolute atomic E-state index is 5.81. The van der Waals surface area contributed by atoms with Crippen molar-refractivity contribution in [2.24, 2.45) is 0 Å². The van der Waals surface area contributed by atoms with Crippen molar-refractivity contribution in [1.29, 1.82) is 0 Å². The van der Waals surface area contributed by atoms with Gasteiger partial charge in [-0.25, -0.2) is 0 Å². The van der Waals surface area contributed by atoms with Crippen LogP contribution in [-0.2, 0) is 0 Å². The molecule has 1 aromatic rings. The van der Waals surface area contributed by atoms with E-state index in [4.69, 9.17) is 10.5 Å². The van der Waals surface area contributed by atoms with E-state index < -0.39 is 0 Å². The van der Waals surface area contributed by atoms with Gasteiger partial charge >= 0.3 is 0 Å². The maximum Gasteiger partial charge on any atom is 0.144 e. The number of ether oxygens (including phenoxy) is 1. The first-order valence-corrected chi connectivity index (χ1v) is 7.95. The summed E-state index contributed by atoms with van der Waals surface area (Å²) in [6, 6.07) is 5.85. The van der Waals surface area contributed by atoms with Gasteiger partial charge in [0.05, 0.1) is 12.2 Å². The van der Waals surface area contributed by atoms with Crippen LogP contribution < -0.4 is 26.0 Å². The van der Waals surface area contributed by atoms with Gasteiger partial charge < -0.3 is 30.9 Å². The Bertz CT molecular complexity index is 532. The van der Waals surface area contributed by atoms with E-state index >= 15 is 0 Å². The molecule has 0 spiro atoms. The predicted molar refractivity (Wildman–Crippen MR) is 96.5 cm³/mol. The molecule has 0 saturated carbocycles. The van der Waals surface area contributed by atoms with Crippen LogP contribution in [0.4, 0.5) is 11.4 Å². The number of nitrogens with one attached hydrogen (secondary N) is 2. The van der Waals surface area contributed by atoms with Crippen LogP contribution in [0.25, 0.3) is 0 Å². The number of fused-ring (bicyclic) bond motifs is 1. The number of hydrogen-bond acceptors (Lipinski definition) is 6. The molecule has 0 atom stereocenters. The zero-order valence-electron chi connectivity index (χ0n) is 13.8. The fourth-order valence-corrected chi connectivity index (χ4v) is 2.47. The van der Waals surface area contributed by atoms with Crippen molar-refractivity contribution in [3.63, 3.8) is 0 Å². The van der Waals surface area contributed by atoms with Crippen molar-refractivity contribution in [3.05, 3.63) is 43.4 Å². The summed E-state index contributed by atoms with van der Waals surface area (Å²) in [4.78, 5) is 4.37. The number of rotatable bonds is 9. The Balaban J connectivity index is 1.73. The zero-order valence-corrected chi connectivity index (χ0v) is 13.8. The highest BCUT2D eigenvalue weighted by atomic mass is 16.5. The lowest BCUT2D eigenvalue weighted by atomic mass is 10.2. The van der Waals surface area contributed by atoms with Crippen molar-refractivity contribution >= 4 is 11.4 Å². The summed E-state index contributed by atoms with van der Waals surface area (Å²) in [5, 5.41) is 6.44. The molecular weight excluding hydrogens is 290 g/mol. The summed E-state index contributed by atoms with van der Waals surface area (Å²) in [5.41, 5.74) is 7.67. The second kappa shape index (κ2) is 8.95. The third-order valence-electron chi connectivity index (χ3n) is 3.72. The smallest absolute Gasteiger partial charge is 0.144 e. The van der Waals surface area contributed by atoms with Gasteiger partial charge in [0.25, 0.3) is 0 Å². The lowest BCUT2D eigenvalue weighted by Gasteiger charge is -2.31. The van der Waals surface area contributed by atoms with Crippen molar-refractivity contribution in [1.82, 2.24) is 15.5 Å². The molecule has 6 nitrogen and oxygen atoms in total. The van der Waals surface area contributed by atoms with Crippen LogP contribution in [0.3, 0.4) is 0 Å². The summed E-state index contributed by atoms with van der Waals surface area (Å²) >= 11 is 0. The summed E-state index contributed by atoms with van der Waals surface area (Å²) in [7, 11) is 1.88. The Hall–Kier alpha value is -2.34. The molecule has 4 N–H and O–H groups in total. The first-order valence-electron chi connectivity index (χ1n) is 7.95. The molecule has 0 unspecified atom stereocenters. The van der Waals surface area contributed by atoms with E-state index in [9.17, 15) is 0 Å². The molecule has 0 amide bonds. The summed E-state index contributed by atoms with van der Waals surface area (Å²) < 4.78 is 5.67. The van der Waals surface area contributed by atoms with E-state index in [0.29, 0.717) is 6.61 Å². The highest BCUT2D eigenvalue weighted by Crippen LogP contribution is 2.32. The number of nitrogens with two attached hydrogens (primary N) is 1. The number of nitrogen functional groups attached to an aromatic ring is 1. The molecule has 2 rings (SSSR count). The van der Waals surface area contributed by atoms with Gasteiger partial charge in [-0.1, -0.05) is 6.58 Å². The van der Waals surface area contributed by atoms with Crippen LogP contribution in [0, 0.1) is 0 Å². The largest absolute Gasteiger partial charge is 0.489 e. The molecule has 0 aliphatic carbocycles. The Morgan fingerprint density at radius 1 is 1.43 bits per heavy atom. The molecule has 0 radical (unpaired) electrons. The van der Waals surface area contributed by atoms with Gasteiger partial charge in [-0.2, -0.15) is 0 Å². The average Bonchev–Trinajstić information content (AvgIpc) is 2.57. The Kier molecular flexibility index (Phi) is 6.62. The first-order chi connectivity index (χ1) is 11.2. The summed E-state index contributed by atoms with van der Waals surface area (Å²) in [6.07, 6.45) is 5.67. The lowest BCUT2D eigenvalue weighted by Crippen LogP contribution is -2.39. The lowest BCUT2D eigenvalue weighted by molar-refractivity contribution is 0.307. The van der Waals surface area contributed by atoms with E-state index in [1.54, 1.807) is 0 Å². The first kappa shape index (κ1) is 17.0. The van der Waals surface area contributed by atoms with Crippen molar-refractivity contribution in [3.8, 4) is 5.75 Å². The zero-order chi connectivity index (χ0) is 16.5. The number of nitrogens with zero attached hydrogens (tertiary/aromatic N) is 2. The van der Waals surface area contributed by atoms with Crippen molar-refractivity contribution < 1.29 is 4.74 Å². The fraction of sp³-hybridized carbons (Fsp3) is 0.412. The Labute approximate surface area is 138 Å². The summed E-state index contributed by atoms with van der Waals surface area (Å²) in [6.45, 7) is 9.07. The number of benzene rings is 1. The molecule has 126 valence electrons. The van der Waals surface area contributed by atoms with Gasteiger partial charge in [0.15, 0.2) is 0 Å². The standard InChI is InChI=1S/C17H27N5O/c1-3-21(9-6-19-2)10-7-20-8-11-22-12-13-23-17-14-15(18)4-5-16(17)22/h3-6,9,14,19-20H,1,7-8,10-13,18H2,2H3/b9-6-. The monoisotopic (exact) mass is 317 g/mol. The minimum Gasteiger partial charge on any atom is -0.489 e. The van der Waals surface area contributed by atoms with Gasteiger partial charge in [0.1, 0.15) is 12.4 Å². The SMILES string of the molecule is C=CN(/C=C\NC)CCNCCN1CCOc2cc(N)ccc21. The minimum absolute atomic E-state index is 0.704. The highest BCUT2D eigenvalue weighted by Gasteiger charge is 2.17. The predicted octanol–water partition coefficient (Wildman–Crippen LogP) is 1.19. The Morgan fingerprint density at radius 3 is 3.09 bits per heavy atom. The molecule has 1 aromatic carbocycles. The molecule has 0 bridgehead atoms. The fourth-order valence-electron chi connectivity index (χ4n) is 2.47. The number of anilines is 2. The van der Waals surface area contributed by atoms with Crippen molar-refractivity contribution in [2.45, 2.75) is 0 Å². The topological polar surface area (TPSA) is 65.8 Å². The van der Waals surface area contributed by atoms with Crippen LogP contribution in [0.1, 0.15) is 0 Å². The molecule has 6 heteroatoms. The van der Waals surface area contributed by atoms with Gasteiger partial charge in [0, 0.05) is 57.4 Å². The maximum atomic E-state index is 5.81. The third-order valence-corrected chi connectivity index (χ3v) is 3.72. The molecule has 23 heavy (non-hydrogen) atoms. The molecule has 0 saturated heterocycles. The normalized spacial score (nSPS) is 13.5. The average molecular weight is 317 g/mol. The van der Waals surface area contributed by atoms with E-state index in [1.165, 1.54) is 0 Å². The summed E-state index contributed by atoms with van der Waals surface area (Å²) in [5.74, 6) is 0.881. The van der Waals surface area contributed by atoms with E-state index in [1.807, 2.05) is 48.7 Å². The molecular formula is C17H27N5O. The van der Waals surface area contributed by atoms with Crippen LogP contribution in [0.2, 0.25) is 0 Å². The van der Waals surface area contributed by atoms with E-state index in [-0.39, 0.29) is 0 Å². The minimum atomic E-state index is 0.704. The van der Waals surface area contributed by atoms with Gasteiger partial charge in [-0.15, -0.1) is 0 Å². The van der Waals surface area contributed by atoms with Gasteiger partial charge in [-0.05, 0) is 18.3 Å². The van der Waals surface area contributed by atoms with E-state index in [2.05, 4.69) is 22.1 Å². The second-order valence-electron chi connectivity index (χ2n) is 5.34. The second-order valence-corrected chi connectivity index (χ2v) is 5.34. The van der Waals surface area contributed by atoms with Crippen LogP contribution >= 0.6 is 0 Å². The van der Waals surface area contributed by atoms with Crippen LogP contribution in [0.15, 0.2) is 43.4 Å². The molecule has 0 aromatic heterocycles.